The molecule has 0 aromatic heterocycles. The lowest BCUT2D eigenvalue weighted by Gasteiger charge is -2.74. The molecule has 13 nitrogen and oxygen atoms in total. The van der Waals surface area contributed by atoms with Crippen LogP contribution in [0.3, 0.4) is 0 Å². The largest absolute Gasteiger partial charge is 0.504 e. The SMILES string of the molecule is CC(=O)OC1CC(O)CCC23C#CC4CC5C#CC(CNCC6(C5)CC(CCN6)Oc5cc(c(C(O)O)cc5O)CC41)SSCC1(CC45CCCC4C=C4CCC6CCC7CCC5C4C671)NC(N)=NC2C=CCC3O. The van der Waals surface area contributed by atoms with Crippen molar-refractivity contribution in [2.75, 3.05) is 25.4 Å². The number of aliphatic hydroxyl groups excluding tert-OH is 3. The molecule has 0 amide bonds. The smallest absolute Gasteiger partial charge is 0.302 e. The van der Waals surface area contributed by atoms with Gasteiger partial charge in [0.1, 0.15) is 12.2 Å². The zero-order chi connectivity index (χ0) is 51.5. The number of piperidine rings is 1. The van der Waals surface area contributed by atoms with Crippen LogP contribution in [-0.4, -0.2) is 110 Å². The first-order chi connectivity index (χ1) is 36.2. The number of carbonyl (C=O) groups excluding carboxylic acids is 1. The molecule has 19 unspecified atom stereocenters. The third kappa shape index (κ3) is 8.43. The lowest BCUT2D eigenvalue weighted by Crippen LogP contribution is -2.78. The number of carbonyl (C=O) groups is 1. The van der Waals surface area contributed by atoms with Crippen LogP contribution in [0.4, 0.5) is 0 Å². The molecule has 19 atom stereocenters. The number of nitrogens with zero attached hydrogens (tertiary/aromatic N) is 1. The molecule has 6 fully saturated rings. The molecule has 8 aliphatic carbocycles. The molecule has 12 aliphatic rings. The highest BCUT2D eigenvalue weighted by Crippen LogP contribution is 2.80. The molecule has 4 aliphatic heterocycles. The van der Waals surface area contributed by atoms with Crippen LogP contribution in [0, 0.1) is 87.3 Å². The number of guanidine groups is 1. The minimum Gasteiger partial charge on any atom is -0.504 e. The lowest BCUT2D eigenvalue weighted by atomic mass is 9.32. The Balaban J connectivity index is 1.01. The number of ether oxygens (including phenoxy) is 2. The maximum Gasteiger partial charge on any atom is 0.302 e. The molecule has 5 saturated carbocycles. The molecule has 13 rings (SSSR count). The fourth-order valence-corrected chi connectivity index (χ4v) is 22.2. The van der Waals surface area contributed by atoms with Crippen molar-refractivity contribution in [3.63, 3.8) is 0 Å². The Hall–Kier alpha value is -3.38. The summed E-state index contributed by atoms with van der Waals surface area (Å²) >= 11 is 0. The number of allylic oxidation sites excluding steroid dienone is 2. The summed E-state index contributed by atoms with van der Waals surface area (Å²) in [7, 11) is 3.89. The Kier molecular flexibility index (Phi) is 13.3. The van der Waals surface area contributed by atoms with E-state index in [-0.39, 0.29) is 70.0 Å². The van der Waals surface area contributed by atoms with Crippen molar-refractivity contribution in [3.05, 3.63) is 47.1 Å². The highest BCUT2D eigenvalue weighted by atomic mass is 33.1. The van der Waals surface area contributed by atoms with E-state index in [0.29, 0.717) is 99.3 Å². The fraction of sp³-hybridized carbons (Fsp3) is 0.733. The molecule has 12 bridgehead atoms. The number of aromatic hydroxyl groups is 1. The van der Waals surface area contributed by atoms with Crippen molar-refractivity contribution in [1.82, 2.24) is 16.0 Å². The van der Waals surface area contributed by atoms with Crippen LogP contribution in [-0.2, 0) is 16.0 Å². The molecule has 75 heavy (non-hydrogen) atoms. The maximum atomic E-state index is 13.2. The lowest BCUT2D eigenvalue weighted by molar-refractivity contribution is -0.196. The summed E-state index contributed by atoms with van der Waals surface area (Å²) < 4.78 is 13.1. The number of aliphatic imine (C=N–C) groups is 1. The van der Waals surface area contributed by atoms with Crippen LogP contribution in [0.2, 0.25) is 0 Å². The van der Waals surface area contributed by atoms with Gasteiger partial charge in [-0.05, 0) is 162 Å². The molecule has 1 aromatic carbocycles. The Morgan fingerprint density at radius 1 is 1.01 bits per heavy atom. The predicted molar refractivity (Wildman–Crippen MR) is 291 cm³/mol. The standard InChI is InChI=1S/C60H79N5O8S2/c1-34(66)72-49-26-42(67)16-20-57-19-15-36-22-35-7-13-44(30-62-32-56(28-35)29-43(17-21-63-56)73-50-25-38(24-45(36)49)46(54(70)71)27-48(50)68)75-74-33-59(65-55(61)64-51(57)5-2-6-52(57)69)31-58-18-3-4-41(58)23-37-8-9-39-10-11-40-12-14-47(58)53(37)60(39,40)59/h2,5,23,25,27,35-36,39-45,47,49,51-54,62-63,67-71H,3-4,6,8-12,14,16-18,20-22,24,26,28-33H2,1H3,(H3,61,64,65). The molecule has 5 spiro atoms. The van der Waals surface area contributed by atoms with Gasteiger partial charge in [-0.2, -0.15) is 0 Å². The monoisotopic (exact) mass is 1060 g/mol. The summed E-state index contributed by atoms with van der Waals surface area (Å²) in [6, 6.07) is 2.44. The molecule has 1 saturated heterocycles. The van der Waals surface area contributed by atoms with E-state index in [1.807, 2.05) is 27.7 Å². The average molecular weight is 1060 g/mol. The fourth-order valence-electron chi connectivity index (χ4n) is 19.4. The predicted octanol–water partition coefficient (Wildman–Crippen LogP) is 6.56. The van der Waals surface area contributed by atoms with Crippen molar-refractivity contribution in [2.24, 2.45) is 74.3 Å². The van der Waals surface area contributed by atoms with Crippen LogP contribution in [0.15, 0.2) is 40.9 Å². The number of nitrogens with one attached hydrogen (secondary N) is 3. The summed E-state index contributed by atoms with van der Waals surface area (Å²) in [5.74, 6) is 18.0. The first-order valence-corrected chi connectivity index (χ1v) is 31.3. The van der Waals surface area contributed by atoms with Gasteiger partial charge in [0.05, 0.1) is 34.5 Å². The van der Waals surface area contributed by atoms with E-state index in [1.165, 1.54) is 70.8 Å². The van der Waals surface area contributed by atoms with Crippen molar-refractivity contribution < 1.29 is 39.8 Å². The van der Waals surface area contributed by atoms with Crippen LogP contribution in [0.1, 0.15) is 140 Å². The summed E-state index contributed by atoms with van der Waals surface area (Å²) in [5.41, 5.74) is 8.32. The van der Waals surface area contributed by atoms with E-state index in [9.17, 15) is 30.3 Å². The first-order valence-electron chi connectivity index (χ1n) is 28.9. The number of esters is 1. The van der Waals surface area contributed by atoms with Gasteiger partial charge in [0.2, 0.25) is 0 Å². The normalized spacial score (nSPS) is 46.4. The summed E-state index contributed by atoms with van der Waals surface area (Å²) in [4.78, 5) is 18.8. The second-order valence-electron chi connectivity index (χ2n) is 25.7. The minimum atomic E-state index is -1.93. The average Bonchev–Trinajstić information content (AvgIpc) is 4.00. The quantitative estimate of drug-likeness (QED) is 0.0505. The van der Waals surface area contributed by atoms with Gasteiger partial charge in [-0.3, -0.25) is 4.79 Å². The molecule has 404 valence electrons. The van der Waals surface area contributed by atoms with Crippen LogP contribution in [0.5, 0.6) is 11.5 Å². The Morgan fingerprint density at radius 2 is 1.87 bits per heavy atom. The number of fused-ring (bicyclic) bond motifs is 4. The van der Waals surface area contributed by atoms with Gasteiger partial charge in [-0.1, -0.05) is 75.5 Å². The van der Waals surface area contributed by atoms with Crippen LogP contribution >= 0.6 is 21.6 Å². The van der Waals surface area contributed by atoms with E-state index in [2.05, 4.69) is 51.8 Å². The number of phenols is 1. The Morgan fingerprint density at radius 3 is 2.72 bits per heavy atom. The van der Waals surface area contributed by atoms with Crippen molar-refractivity contribution in [1.29, 1.82) is 0 Å². The van der Waals surface area contributed by atoms with E-state index >= 15 is 0 Å². The van der Waals surface area contributed by atoms with Crippen molar-refractivity contribution >= 4 is 33.5 Å². The van der Waals surface area contributed by atoms with Gasteiger partial charge >= 0.3 is 5.97 Å². The van der Waals surface area contributed by atoms with Crippen molar-refractivity contribution in [2.45, 2.75) is 182 Å². The molecule has 1 aromatic rings. The zero-order valence-corrected chi connectivity index (χ0v) is 45.2. The third-order valence-electron chi connectivity index (χ3n) is 22.0. The highest BCUT2D eigenvalue weighted by Gasteiger charge is 2.77. The van der Waals surface area contributed by atoms with E-state index in [0.717, 1.165) is 12.2 Å². The van der Waals surface area contributed by atoms with Gasteiger partial charge in [0.25, 0.3) is 0 Å². The molecular formula is C60H79N5O8S2. The van der Waals surface area contributed by atoms with Gasteiger partial charge in [-0.15, -0.1) is 0 Å². The highest BCUT2D eigenvalue weighted by molar-refractivity contribution is 8.77. The van der Waals surface area contributed by atoms with Gasteiger partial charge in [-0.25, -0.2) is 4.99 Å². The van der Waals surface area contributed by atoms with E-state index in [4.69, 9.17) is 20.2 Å². The van der Waals surface area contributed by atoms with Gasteiger partial charge in [0.15, 0.2) is 23.7 Å². The number of nitrogens with two attached hydrogens (primary N) is 1. The molecule has 15 heteroatoms. The summed E-state index contributed by atoms with van der Waals surface area (Å²) in [5, 5.41) is 70.4. The molecular weight excluding hydrogens is 983 g/mol. The minimum absolute atomic E-state index is 0.0387. The summed E-state index contributed by atoms with van der Waals surface area (Å²) in [6.07, 6.45) is 18.3. The number of phenolic OH excluding ortho intramolecular Hbond substituents is 1. The second kappa shape index (κ2) is 19.5. The second-order valence-corrected chi connectivity index (χ2v) is 28.3. The summed E-state index contributed by atoms with van der Waals surface area (Å²) in [6.45, 7) is 3.43. The zero-order valence-electron chi connectivity index (χ0n) is 43.6. The number of aliphatic hydroxyl groups is 4. The molecule has 10 N–H and O–H groups in total. The Labute approximate surface area is 451 Å². The number of hydrogen-bond donors (Lipinski definition) is 9. The topological polar surface area (TPSA) is 211 Å². The number of benzene rings is 1. The van der Waals surface area contributed by atoms with Crippen molar-refractivity contribution in [3.8, 4) is 35.2 Å². The van der Waals surface area contributed by atoms with E-state index < -0.39 is 59.4 Å². The van der Waals surface area contributed by atoms with Crippen LogP contribution < -0.4 is 26.4 Å². The van der Waals surface area contributed by atoms with Gasteiger partial charge in [0, 0.05) is 72.9 Å². The number of rotatable bonds is 2. The van der Waals surface area contributed by atoms with Crippen LogP contribution in [0.25, 0.3) is 0 Å². The maximum absolute atomic E-state index is 13.2. The van der Waals surface area contributed by atoms with E-state index in [1.54, 1.807) is 11.6 Å². The van der Waals surface area contributed by atoms with Gasteiger partial charge < -0.3 is 56.7 Å². The first kappa shape index (κ1) is 51.1. The molecule has 4 heterocycles. The number of hydrogen-bond acceptors (Lipinski definition) is 15. The molecule has 0 radical (unpaired) electrons. The Bertz CT molecular complexity index is 2650. The third-order valence-corrected chi connectivity index (χ3v) is 24.8.